The molecular formula is C24H31N3O2. The minimum atomic E-state index is -0.316. The zero-order valence-corrected chi connectivity index (χ0v) is 17.2. The van der Waals surface area contributed by atoms with Crippen molar-refractivity contribution in [1.82, 2.24) is 4.98 Å². The molecule has 4 fully saturated rings. The predicted molar refractivity (Wildman–Crippen MR) is 114 cm³/mol. The first-order chi connectivity index (χ1) is 14.0. The molecular weight excluding hydrogens is 362 g/mol. The number of para-hydroxylation sites is 1. The van der Waals surface area contributed by atoms with E-state index in [4.69, 9.17) is 10.6 Å². The van der Waals surface area contributed by atoms with Crippen molar-refractivity contribution in [2.75, 3.05) is 0 Å². The van der Waals surface area contributed by atoms with Crippen LogP contribution in [0.15, 0.2) is 35.6 Å². The SMILES string of the molecule is C[C@@H](Cc1c[nH]c2ccccc12)C(=O)ON=C(N)CC12CC3CC(CC(C3)C1)C2. The summed E-state index contributed by atoms with van der Waals surface area (Å²) in [6.45, 7) is 1.88. The second-order valence-corrected chi connectivity index (χ2v) is 10.1. The lowest BCUT2D eigenvalue weighted by Crippen LogP contribution is -2.47. The van der Waals surface area contributed by atoms with Gasteiger partial charge < -0.3 is 15.6 Å². The van der Waals surface area contributed by atoms with E-state index < -0.39 is 0 Å². The molecule has 1 aromatic heterocycles. The Morgan fingerprint density at radius 3 is 2.55 bits per heavy atom. The minimum absolute atomic E-state index is 0.273. The molecule has 0 radical (unpaired) electrons. The molecule has 0 spiro atoms. The van der Waals surface area contributed by atoms with E-state index in [9.17, 15) is 4.79 Å². The summed E-state index contributed by atoms with van der Waals surface area (Å²) < 4.78 is 0. The zero-order valence-electron chi connectivity index (χ0n) is 17.2. The first-order valence-electron chi connectivity index (χ1n) is 11.1. The van der Waals surface area contributed by atoms with Crippen LogP contribution in [0.25, 0.3) is 10.9 Å². The molecule has 0 unspecified atom stereocenters. The predicted octanol–water partition coefficient (Wildman–Crippen LogP) is 4.77. The third-order valence-electron chi connectivity index (χ3n) is 7.58. The van der Waals surface area contributed by atoms with Crippen LogP contribution in [0, 0.1) is 29.1 Å². The molecule has 4 saturated carbocycles. The summed E-state index contributed by atoms with van der Waals surface area (Å²) in [7, 11) is 0. The number of nitrogens with one attached hydrogen (secondary N) is 1. The Hall–Kier alpha value is -2.30. The van der Waals surface area contributed by atoms with Crippen molar-refractivity contribution in [3.8, 4) is 0 Å². The number of aromatic amines is 1. The van der Waals surface area contributed by atoms with E-state index in [1.807, 2.05) is 31.3 Å². The van der Waals surface area contributed by atoms with Crippen LogP contribution in [0.3, 0.4) is 0 Å². The standard InChI is InChI=1S/C24H31N3O2/c1-15(6-19-14-26-21-5-3-2-4-20(19)21)23(28)29-27-22(25)13-24-10-16-7-17(11-24)9-18(8-16)12-24/h2-5,14-18,26H,6-13H2,1H3,(H2,25,27)/t15-,16?,17?,18?,24?/m0/s1. The second kappa shape index (κ2) is 7.19. The van der Waals surface area contributed by atoms with Crippen LogP contribution in [0.4, 0.5) is 0 Å². The van der Waals surface area contributed by atoms with Crippen molar-refractivity contribution in [2.45, 2.75) is 58.3 Å². The number of nitrogens with two attached hydrogens (primary N) is 1. The van der Waals surface area contributed by atoms with Gasteiger partial charge in [0, 0.05) is 23.5 Å². The third-order valence-corrected chi connectivity index (χ3v) is 7.58. The maximum atomic E-state index is 12.5. The van der Waals surface area contributed by atoms with Gasteiger partial charge in [0.15, 0.2) is 0 Å². The number of benzene rings is 1. The molecule has 1 aromatic carbocycles. The Morgan fingerprint density at radius 1 is 1.21 bits per heavy atom. The van der Waals surface area contributed by atoms with Gasteiger partial charge in [-0.05, 0) is 79.7 Å². The summed E-state index contributed by atoms with van der Waals surface area (Å²) in [6, 6.07) is 8.12. The average Bonchev–Trinajstić information content (AvgIpc) is 3.07. The van der Waals surface area contributed by atoms with Gasteiger partial charge in [0.05, 0.1) is 5.92 Å². The Morgan fingerprint density at radius 2 is 1.86 bits per heavy atom. The normalized spacial score (nSPS) is 31.9. The highest BCUT2D eigenvalue weighted by atomic mass is 16.7. The first-order valence-corrected chi connectivity index (χ1v) is 11.1. The van der Waals surface area contributed by atoms with E-state index in [0.29, 0.717) is 17.7 Å². The molecule has 1 atom stereocenters. The topological polar surface area (TPSA) is 80.5 Å². The van der Waals surface area contributed by atoms with Gasteiger partial charge in [-0.2, -0.15) is 0 Å². The van der Waals surface area contributed by atoms with Crippen molar-refractivity contribution < 1.29 is 9.63 Å². The van der Waals surface area contributed by atoms with E-state index in [2.05, 4.69) is 16.2 Å². The fourth-order valence-electron chi connectivity index (χ4n) is 6.83. The molecule has 154 valence electrons. The number of hydrogen-bond donors (Lipinski definition) is 2. The van der Waals surface area contributed by atoms with Gasteiger partial charge in [-0.25, -0.2) is 4.79 Å². The molecule has 29 heavy (non-hydrogen) atoms. The number of H-pyrrole nitrogens is 1. The van der Waals surface area contributed by atoms with Gasteiger partial charge in [0.25, 0.3) is 0 Å². The Kier molecular flexibility index (Phi) is 4.64. The van der Waals surface area contributed by atoms with Crippen LogP contribution in [-0.2, 0) is 16.1 Å². The minimum Gasteiger partial charge on any atom is -0.384 e. The summed E-state index contributed by atoms with van der Waals surface area (Å²) in [4.78, 5) is 21.0. The number of rotatable bonds is 6. The van der Waals surface area contributed by atoms with Gasteiger partial charge in [0.1, 0.15) is 5.84 Å². The lowest BCUT2D eigenvalue weighted by atomic mass is 9.49. The lowest BCUT2D eigenvalue weighted by Gasteiger charge is -2.56. The summed E-state index contributed by atoms with van der Waals surface area (Å²) >= 11 is 0. The number of hydrogen-bond acceptors (Lipinski definition) is 3. The van der Waals surface area contributed by atoms with Crippen LogP contribution >= 0.6 is 0 Å². The molecule has 0 aliphatic heterocycles. The fraction of sp³-hybridized carbons (Fsp3) is 0.583. The highest BCUT2D eigenvalue weighted by molar-refractivity contribution is 5.84. The first kappa shape index (κ1) is 18.7. The summed E-state index contributed by atoms with van der Waals surface area (Å²) in [5.41, 5.74) is 8.74. The maximum absolute atomic E-state index is 12.5. The Bertz CT molecular complexity index is 909. The quantitative estimate of drug-likeness (QED) is 0.321. The van der Waals surface area contributed by atoms with E-state index in [0.717, 1.165) is 40.6 Å². The maximum Gasteiger partial charge on any atom is 0.338 e. The molecule has 4 aliphatic carbocycles. The molecule has 4 bridgehead atoms. The number of nitrogens with zero attached hydrogens (tertiary/aromatic N) is 1. The van der Waals surface area contributed by atoms with Crippen molar-refractivity contribution >= 4 is 22.7 Å². The largest absolute Gasteiger partial charge is 0.384 e. The van der Waals surface area contributed by atoms with Crippen LogP contribution in [0.2, 0.25) is 0 Å². The van der Waals surface area contributed by atoms with Gasteiger partial charge >= 0.3 is 5.97 Å². The third kappa shape index (κ3) is 3.67. The number of amidine groups is 1. The molecule has 4 aliphatic rings. The van der Waals surface area contributed by atoms with E-state index >= 15 is 0 Å². The van der Waals surface area contributed by atoms with Gasteiger partial charge in [-0.3, -0.25) is 0 Å². The monoisotopic (exact) mass is 393 g/mol. The average molecular weight is 394 g/mol. The van der Waals surface area contributed by atoms with Crippen molar-refractivity contribution in [2.24, 2.45) is 40.0 Å². The Balaban J connectivity index is 1.19. The number of fused-ring (bicyclic) bond motifs is 1. The van der Waals surface area contributed by atoms with E-state index in [1.54, 1.807) is 0 Å². The highest BCUT2D eigenvalue weighted by Gasteiger charge is 2.51. The number of carbonyl (C=O) groups excluding carboxylic acids is 1. The zero-order chi connectivity index (χ0) is 20.0. The van der Waals surface area contributed by atoms with Crippen LogP contribution < -0.4 is 5.73 Å². The van der Waals surface area contributed by atoms with Crippen LogP contribution in [0.1, 0.15) is 57.4 Å². The second-order valence-electron chi connectivity index (χ2n) is 10.1. The summed E-state index contributed by atoms with van der Waals surface area (Å²) in [5, 5.41) is 5.20. The molecule has 6 rings (SSSR count). The number of oxime groups is 1. The van der Waals surface area contributed by atoms with Gasteiger partial charge in [-0.15, -0.1) is 0 Å². The highest BCUT2D eigenvalue weighted by Crippen LogP contribution is 2.61. The fourth-order valence-corrected chi connectivity index (χ4v) is 6.83. The molecule has 5 heteroatoms. The van der Waals surface area contributed by atoms with Crippen molar-refractivity contribution in [3.63, 3.8) is 0 Å². The molecule has 1 heterocycles. The summed E-state index contributed by atoms with van der Waals surface area (Å²) in [6.07, 6.45) is 11.4. The van der Waals surface area contributed by atoms with E-state index in [-0.39, 0.29) is 11.9 Å². The summed E-state index contributed by atoms with van der Waals surface area (Å²) in [5.74, 6) is 2.54. The van der Waals surface area contributed by atoms with E-state index in [1.165, 1.54) is 38.5 Å². The van der Waals surface area contributed by atoms with Crippen molar-refractivity contribution in [3.05, 3.63) is 36.0 Å². The number of carbonyl (C=O) groups is 1. The molecule has 0 saturated heterocycles. The van der Waals surface area contributed by atoms with Gasteiger partial charge in [0.2, 0.25) is 0 Å². The Labute approximate surface area is 172 Å². The lowest BCUT2D eigenvalue weighted by molar-refractivity contribution is -0.148. The molecule has 2 aromatic rings. The molecule has 5 nitrogen and oxygen atoms in total. The smallest absolute Gasteiger partial charge is 0.338 e. The van der Waals surface area contributed by atoms with Crippen LogP contribution in [0.5, 0.6) is 0 Å². The van der Waals surface area contributed by atoms with Crippen molar-refractivity contribution in [1.29, 1.82) is 0 Å². The molecule has 0 amide bonds. The molecule has 3 N–H and O–H groups in total. The van der Waals surface area contributed by atoms with Crippen LogP contribution in [-0.4, -0.2) is 16.8 Å². The number of aromatic nitrogens is 1. The van der Waals surface area contributed by atoms with Gasteiger partial charge in [-0.1, -0.05) is 30.3 Å².